The highest BCUT2D eigenvalue weighted by atomic mass is 32.2. The van der Waals surface area contributed by atoms with Crippen LogP contribution in [0.15, 0.2) is 29.6 Å². The highest BCUT2D eigenvalue weighted by Crippen LogP contribution is 2.33. The van der Waals surface area contributed by atoms with Gasteiger partial charge in [0.1, 0.15) is 5.82 Å². The molecule has 8 nitrogen and oxygen atoms in total. The van der Waals surface area contributed by atoms with Crippen LogP contribution in [0.2, 0.25) is 0 Å². The van der Waals surface area contributed by atoms with E-state index < -0.39 is 0 Å². The molecule has 0 aliphatic carbocycles. The number of thiol groups is 1. The molecule has 0 bridgehead atoms. The zero-order chi connectivity index (χ0) is 19.7. The van der Waals surface area contributed by atoms with E-state index in [1.165, 1.54) is 0 Å². The van der Waals surface area contributed by atoms with E-state index >= 15 is 0 Å². The van der Waals surface area contributed by atoms with Crippen molar-refractivity contribution in [1.29, 1.82) is 5.41 Å². The molecule has 1 unspecified atom stereocenters. The maximum Gasteiger partial charge on any atom is 0.165 e. The van der Waals surface area contributed by atoms with E-state index in [-0.39, 0.29) is 5.25 Å². The molecule has 4 N–H and O–H groups in total. The number of anilines is 1. The molecule has 0 saturated carbocycles. The molecule has 0 aromatic carbocycles. The molecular weight excluding hydrogens is 392 g/mol. The van der Waals surface area contributed by atoms with Crippen molar-refractivity contribution in [3.8, 4) is 0 Å². The summed E-state index contributed by atoms with van der Waals surface area (Å²) in [5.41, 5.74) is 7.71. The predicted molar refractivity (Wildman–Crippen MR) is 119 cm³/mol. The second kappa shape index (κ2) is 8.16. The van der Waals surface area contributed by atoms with Crippen molar-refractivity contribution in [1.82, 2.24) is 30.3 Å². The van der Waals surface area contributed by atoms with E-state index in [1.807, 2.05) is 40.6 Å². The van der Waals surface area contributed by atoms with E-state index in [1.54, 1.807) is 13.0 Å². The molecule has 10 heteroatoms. The lowest BCUT2D eigenvalue weighted by Gasteiger charge is -2.23. The summed E-state index contributed by atoms with van der Waals surface area (Å²) in [6.07, 6.45) is 5.60. The monoisotopic (exact) mass is 416 g/mol. The number of allylic oxidation sites excluding steroid dienone is 1. The quantitative estimate of drug-likeness (QED) is 0.377. The number of nitrogens with one attached hydrogen (secondary N) is 4. The number of aromatic nitrogens is 3. The maximum absolute atomic E-state index is 7.66. The Labute approximate surface area is 173 Å². The van der Waals surface area contributed by atoms with Gasteiger partial charge in [-0.1, -0.05) is 0 Å². The second-order valence-electron chi connectivity index (χ2n) is 6.86. The SMILES string of the molecule is CC(=N)/C=C(\S)Nc1cc(C2CNCCS2)nc2c(C3=CN(C)NC3)cnn12. The molecule has 1 atom stereocenters. The van der Waals surface area contributed by atoms with Crippen molar-refractivity contribution in [3.63, 3.8) is 0 Å². The van der Waals surface area contributed by atoms with Crippen LogP contribution in [0.4, 0.5) is 5.82 Å². The van der Waals surface area contributed by atoms with E-state index in [9.17, 15) is 0 Å². The van der Waals surface area contributed by atoms with Crippen LogP contribution < -0.4 is 16.1 Å². The molecule has 2 aliphatic rings. The van der Waals surface area contributed by atoms with Crippen LogP contribution >= 0.6 is 24.4 Å². The van der Waals surface area contributed by atoms with Crippen LogP contribution in [-0.2, 0) is 0 Å². The van der Waals surface area contributed by atoms with E-state index in [2.05, 4.69) is 40.0 Å². The molecule has 0 amide bonds. The normalized spacial score (nSPS) is 20.5. The number of hydrogen-bond acceptors (Lipinski definition) is 9. The maximum atomic E-state index is 7.66. The molecule has 1 fully saturated rings. The lowest BCUT2D eigenvalue weighted by molar-refractivity contribution is 0.374. The van der Waals surface area contributed by atoms with Gasteiger partial charge >= 0.3 is 0 Å². The highest BCUT2D eigenvalue weighted by molar-refractivity contribution is 7.99. The van der Waals surface area contributed by atoms with Crippen molar-refractivity contribution < 1.29 is 0 Å². The molecule has 0 spiro atoms. The molecule has 4 rings (SSSR count). The number of hydrogen-bond donors (Lipinski definition) is 5. The second-order valence-corrected chi connectivity index (χ2v) is 8.65. The third-order valence-corrected chi connectivity index (χ3v) is 6.06. The first-order valence-electron chi connectivity index (χ1n) is 9.12. The van der Waals surface area contributed by atoms with Crippen molar-refractivity contribution >= 4 is 47.1 Å². The number of nitrogens with zero attached hydrogens (tertiary/aromatic N) is 4. The molecule has 1 saturated heterocycles. The van der Waals surface area contributed by atoms with Gasteiger partial charge in [0.2, 0.25) is 0 Å². The van der Waals surface area contributed by atoms with Crippen molar-refractivity contribution in [2.45, 2.75) is 12.2 Å². The fourth-order valence-corrected chi connectivity index (χ4v) is 4.67. The lowest BCUT2D eigenvalue weighted by atomic mass is 10.1. The van der Waals surface area contributed by atoms with Crippen LogP contribution in [0.3, 0.4) is 0 Å². The zero-order valence-electron chi connectivity index (χ0n) is 15.9. The third kappa shape index (κ3) is 4.04. The fourth-order valence-electron chi connectivity index (χ4n) is 3.29. The van der Waals surface area contributed by atoms with Gasteiger partial charge < -0.3 is 21.1 Å². The molecule has 148 valence electrons. The Morgan fingerprint density at radius 2 is 2.36 bits per heavy atom. The standard InChI is InChI=1S/C18H24N8S2/c1-11(19)5-17(27)24-16-6-14(15-9-20-3-4-28-15)23-18-13(8-22-26(16)18)12-7-21-25(2)10-12/h5-6,8,10,15,19-21,24,27H,3-4,7,9H2,1-2H3/b17-5-,19-11?. The topological polar surface area (TPSA) is 93.4 Å². The fraction of sp³-hybridized carbons (Fsp3) is 0.389. The summed E-state index contributed by atoms with van der Waals surface area (Å²) in [5.74, 6) is 1.86. The molecule has 28 heavy (non-hydrogen) atoms. The number of fused-ring (bicyclic) bond motifs is 1. The Kier molecular flexibility index (Phi) is 5.63. The Hall–Kier alpha value is -2.01. The van der Waals surface area contributed by atoms with Gasteiger partial charge in [-0.25, -0.2) is 10.4 Å². The summed E-state index contributed by atoms with van der Waals surface area (Å²) in [6.45, 7) is 4.39. The molecule has 2 aromatic heterocycles. The average molecular weight is 417 g/mol. The largest absolute Gasteiger partial charge is 0.335 e. The van der Waals surface area contributed by atoms with Crippen molar-refractivity contribution in [3.05, 3.63) is 40.8 Å². The van der Waals surface area contributed by atoms with Gasteiger partial charge in [-0.15, -0.1) is 24.4 Å². The smallest absolute Gasteiger partial charge is 0.165 e. The van der Waals surface area contributed by atoms with Crippen LogP contribution in [-0.4, -0.2) is 57.8 Å². The molecule has 2 aromatic rings. The summed E-state index contributed by atoms with van der Waals surface area (Å²) in [4.78, 5) is 4.98. The van der Waals surface area contributed by atoms with Crippen LogP contribution in [0.1, 0.15) is 23.4 Å². The summed E-state index contributed by atoms with van der Waals surface area (Å²) >= 11 is 6.39. The first-order valence-corrected chi connectivity index (χ1v) is 10.6. The first-order chi connectivity index (χ1) is 13.5. The van der Waals surface area contributed by atoms with Crippen LogP contribution in [0.5, 0.6) is 0 Å². The van der Waals surface area contributed by atoms with Gasteiger partial charge in [-0.2, -0.15) is 9.61 Å². The zero-order valence-corrected chi connectivity index (χ0v) is 17.6. The summed E-state index contributed by atoms with van der Waals surface area (Å²) in [7, 11) is 1.98. The Bertz CT molecular complexity index is 958. The van der Waals surface area contributed by atoms with Crippen LogP contribution in [0.25, 0.3) is 11.2 Å². The van der Waals surface area contributed by atoms with Gasteiger partial charge in [0, 0.05) is 56.0 Å². The minimum atomic E-state index is 0.289. The summed E-state index contributed by atoms with van der Waals surface area (Å²) in [5, 5.41) is 21.8. The Balaban J connectivity index is 1.80. The molecular formula is C18H24N8S2. The number of rotatable bonds is 5. The van der Waals surface area contributed by atoms with Crippen molar-refractivity contribution in [2.75, 3.05) is 37.8 Å². The van der Waals surface area contributed by atoms with E-state index in [4.69, 9.17) is 10.4 Å². The van der Waals surface area contributed by atoms with E-state index in [0.29, 0.717) is 10.7 Å². The first kappa shape index (κ1) is 19.3. The minimum Gasteiger partial charge on any atom is -0.335 e. The van der Waals surface area contributed by atoms with Gasteiger partial charge in [0.15, 0.2) is 5.65 Å². The Morgan fingerprint density at radius 3 is 3.04 bits per heavy atom. The molecule has 2 aliphatic heterocycles. The highest BCUT2D eigenvalue weighted by Gasteiger charge is 2.22. The number of thioether (sulfide) groups is 1. The summed E-state index contributed by atoms with van der Waals surface area (Å²) in [6, 6.07) is 2.03. The lowest BCUT2D eigenvalue weighted by Crippen LogP contribution is -2.28. The minimum absolute atomic E-state index is 0.289. The average Bonchev–Trinajstić information content (AvgIpc) is 3.27. The third-order valence-electron chi connectivity index (χ3n) is 4.57. The van der Waals surface area contributed by atoms with Crippen molar-refractivity contribution in [2.24, 2.45) is 0 Å². The molecule has 4 heterocycles. The molecule has 0 radical (unpaired) electrons. The predicted octanol–water partition coefficient (Wildman–Crippen LogP) is 2.12. The van der Waals surface area contributed by atoms with Gasteiger partial charge in [0.05, 0.1) is 22.2 Å². The Morgan fingerprint density at radius 1 is 1.50 bits per heavy atom. The van der Waals surface area contributed by atoms with Gasteiger partial charge in [-0.05, 0) is 18.6 Å². The number of hydrazine groups is 1. The van der Waals surface area contributed by atoms with E-state index in [0.717, 1.165) is 53.7 Å². The van der Waals surface area contributed by atoms with Gasteiger partial charge in [-0.3, -0.25) is 0 Å². The van der Waals surface area contributed by atoms with Crippen LogP contribution in [0, 0.1) is 5.41 Å². The van der Waals surface area contributed by atoms with Gasteiger partial charge in [0.25, 0.3) is 0 Å². The summed E-state index contributed by atoms with van der Waals surface area (Å²) < 4.78 is 1.81.